The molecule has 1 atom stereocenters. The Morgan fingerprint density at radius 1 is 1.26 bits per heavy atom. The lowest BCUT2D eigenvalue weighted by Crippen LogP contribution is -2.27. The lowest BCUT2D eigenvalue weighted by Gasteiger charge is -2.11. The fraction of sp³-hybridized carbons (Fsp3) is 0.632. The largest absolute Gasteiger partial charge is 0.463 e. The van der Waals surface area contributed by atoms with Gasteiger partial charge >= 0.3 is 5.97 Å². The van der Waals surface area contributed by atoms with Crippen LogP contribution in [-0.2, 0) is 20.7 Å². The van der Waals surface area contributed by atoms with Crippen LogP contribution in [0.15, 0.2) is 24.3 Å². The molecule has 0 N–H and O–H groups in total. The third-order valence-corrected chi connectivity index (χ3v) is 4.47. The van der Waals surface area contributed by atoms with Gasteiger partial charge in [-0.05, 0) is 49.8 Å². The van der Waals surface area contributed by atoms with Crippen molar-refractivity contribution in [2.24, 2.45) is 0 Å². The second-order valence-corrected chi connectivity index (χ2v) is 6.75. The Morgan fingerprint density at radius 3 is 2.70 bits per heavy atom. The number of carbonyl (C=O) groups excluding carboxylic acids is 1. The van der Waals surface area contributed by atoms with E-state index in [4.69, 9.17) is 21.1 Å². The van der Waals surface area contributed by atoms with E-state index in [0.717, 1.165) is 37.1 Å². The Hall–Kier alpha value is -1.06. The first-order chi connectivity index (χ1) is 11.2. The number of unbranched alkanes of at least 4 members (excludes halogenated alkanes) is 4. The van der Waals surface area contributed by atoms with Crippen LogP contribution in [0.5, 0.6) is 0 Å². The van der Waals surface area contributed by atoms with Gasteiger partial charge in [0.15, 0.2) is 5.60 Å². The van der Waals surface area contributed by atoms with Gasteiger partial charge in [0.1, 0.15) is 0 Å². The normalized spacial score (nSPS) is 19.6. The minimum absolute atomic E-state index is 0.166. The third kappa shape index (κ3) is 6.15. The van der Waals surface area contributed by atoms with Gasteiger partial charge in [0.2, 0.25) is 0 Å². The van der Waals surface area contributed by atoms with Crippen LogP contribution in [0.25, 0.3) is 0 Å². The van der Waals surface area contributed by atoms with Gasteiger partial charge in [-0.25, -0.2) is 4.79 Å². The Bertz CT molecular complexity index is 497. The molecule has 1 aromatic carbocycles. The molecule has 1 aliphatic heterocycles. The van der Waals surface area contributed by atoms with E-state index in [9.17, 15) is 4.79 Å². The summed E-state index contributed by atoms with van der Waals surface area (Å²) in [7, 11) is 0. The van der Waals surface area contributed by atoms with Gasteiger partial charge < -0.3 is 9.47 Å². The molecule has 0 radical (unpaired) electrons. The van der Waals surface area contributed by atoms with Gasteiger partial charge in [0, 0.05) is 5.02 Å². The van der Waals surface area contributed by atoms with Gasteiger partial charge in [-0.3, -0.25) is 0 Å². The van der Waals surface area contributed by atoms with Crippen LogP contribution in [0.4, 0.5) is 0 Å². The van der Waals surface area contributed by atoms with Gasteiger partial charge in [0.05, 0.1) is 13.2 Å². The second-order valence-electron chi connectivity index (χ2n) is 6.32. The quantitative estimate of drug-likeness (QED) is 0.325. The summed E-state index contributed by atoms with van der Waals surface area (Å²) in [5.74, 6) is -0.166. The van der Waals surface area contributed by atoms with Crippen LogP contribution in [0, 0.1) is 0 Å². The number of ether oxygens (including phenoxy) is 2. The van der Waals surface area contributed by atoms with Crippen molar-refractivity contribution in [2.45, 2.75) is 63.9 Å². The van der Waals surface area contributed by atoms with Crippen molar-refractivity contribution in [3.05, 3.63) is 34.9 Å². The summed E-state index contributed by atoms with van der Waals surface area (Å²) in [4.78, 5) is 11.9. The molecule has 1 aliphatic rings. The Labute approximate surface area is 144 Å². The molecular formula is C19H27ClO3. The molecule has 1 unspecified atom stereocenters. The first-order valence-electron chi connectivity index (χ1n) is 8.72. The highest BCUT2D eigenvalue weighted by Crippen LogP contribution is 2.34. The molecule has 0 aliphatic carbocycles. The first kappa shape index (κ1) is 18.3. The van der Waals surface area contributed by atoms with Gasteiger partial charge in [-0.1, -0.05) is 49.9 Å². The summed E-state index contributed by atoms with van der Waals surface area (Å²) in [6, 6.07) is 8.08. The highest BCUT2D eigenvalue weighted by molar-refractivity contribution is 6.30. The van der Waals surface area contributed by atoms with E-state index in [-0.39, 0.29) is 5.97 Å². The monoisotopic (exact) mass is 338 g/mol. The number of rotatable bonds is 11. The average Bonchev–Trinajstić information content (AvgIpc) is 3.33. The molecule has 2 rings (SSSR count). The maximum absolute atomic E-state index is 11.9. The van der Waals surface area contributed by atoms with E-state index >= 15 is 0 Å². The summed E-state index contributed by atoms with van der Waals surface area (Å²) in [5, 5.41) is 0.812. The molecule has 0 spiro atoms. The molecule has 4 heteroatoms. The van der Waals surface area contributed by atoms with E-state index < -0.39 is 5.60 Å². The predicted octanol–water partition coefficient (Wildman–Crippen LogP) is 4.95. The standard InChI is InChI=1S/C19H27ClO3/c1-2-13-22-18(21)19(15-23-19)12-7-5-3-4-6-9-16-10-8-11-17(20)14-16/h8,10-11,14H,2-7,9,12-13,15H2,1H3. The van der Waals surface area contributed by atoms with Gasteiger partial charge in [-0.2, -0.15) is 0 Å². The summed E-state index contributed by atoms with van der Waals surface area (Å²) in [5.41, 5.74) is 0.706. The van der Waals surface area contributed by atoms with Crippen LogP contribution in [0.1, 0.15) is 57.4 Å². The molecule has 0 saturated carbocycles. The van der Waals surface area contributed by atoms with Crippen molar-refractivity contribution in [1.29, 1.82) is 0 Å². The van der Waals surface area contributed by atoms with Crippen LogP contribution >= 0.6 is 11.6 Å². The minimum atomic E-state index is -0.601. The minimum Gasteiger partial charge on any atom is -0.463 e. The summed E-state index contributed by atoms with van der Waals surface area (Å²) >= 11 is 5.98. The molecule has 1 fully saturated rings. The van der Waals surface area contributed by atoms with E-state index in [0.29, 0.717) is 13.2 Å². The lowest BCUT2D eigenvalue weighted by atomic mass is 10.0. The first-order valence-corrected chi connectivity index (χ1v) is 9.10. The Morgan fingerprint density at radius 2 is 2.00 bits per heavy atom. The number of hydrogen-bond donors (Lipinski definition) is 0. The highest BCUT2D eigenvalue weighted by Gasteiger charge is 2.52. The molecule has 23 heavy (non-hydrogen) atoms. The SMILES string of the molecule is CCCOC(=O)C1(CCCCCCCc2cccc(Cl)c2)CO1. The van der Waals surface area contributed by atoms with Crippen LogP contribution in [0.3, 0.4) is 0 Å². The van der Waals surface area contributed by atoms with Gasteiger partial charge in [0.25, 0.3) is 0 Å². The Kier molecular flexibility index (Phi) is 7.38. The lowest BCUT2D eigenvalue weighted by molar-refractivity contribution is -0.150. The molecular weight excluding hydrogens is 312 g/mol. The number of carbonyl (C=O) groups is 1. The fourth-order valence-electron chi connectivity index (χ4n) is 2.74. The maximum Gasteiger partial charge on any atom is 0.340 e. The van der Waals surface area contributed by atoms with E-state index in [1.165, 1.54) is 24.8 Å². The number of aryl methyl sites for hydroxylation is 1. The summed E-state index contributed by atoms with van der Waals surface area (Å²) in [6.45, 7) is 3.02. The fourth-order valence-corrected chi connectivity index (χ4v) is 2.95. The number of halogens is 1. The van der Waals surface area contributed by atoms with Crippen molar-refractivity contribution in [2.75, 3.05) is 13.2 Å². The molecule has 1 saturated heterocycles. The molecule has 1 aromatic rings. The van der Waals surface area contributed by atoms with Crippen molar-refractivity contribution < 1.29 is 14.3 Å². The third-order valence-electron chi connectivity index (χ3n) is 4.24. The second kappa shape index (κ2) is 9.29. The average molecular weight is 339 g/mol. The molecule has 0 bridgehead atoms. The number of esters is 1. The molecule has 1 heterocycles. The van der Waals surface area contributed by atoms with Crippen molar-refractivity contribution in [1.82, 2.24) is 0 Å². The zero-order valence-electron chi connectivity index (χ0n) is 14.0. The summed E-state index contributed by atoms with van der Waals surface area (Å²) < 4.78 is 10.6. The number of epoxide rings is 1. The van der Waals surface area contributed by atoms with E-state index in [1.54, 1.807) is 0 Å². The Balaban J connectivity index is 1.52. The predicted molar refractivity (Wildman–Crippen MR) is 92.8 cm³/mol. The molecule has 3 nitrogen and oxygen atoms in total. The smallest absolute Gasteiger partial charge is 0.340 e. The van der Waals surface area contributed by atoms with Crippen LogP contribution in [0.2, 0.25) is 5.02 Å². The van der Waals surface area contributed by atoms with Crippen molar-refractivity contribution >= 4 is 17.6 Å². The summed E-state index contributed by atoms with van der Waals surface area (Å²) in [6.07, 6.45) is 8.48. The maximum atomic E-state index is 11.9. The van der Waals surface area contributed by atoms with Crippen LogP contribution in [-0.4, -0.2) is 24.8 Å². The van der Waals surface area contributed by atoms with Crippen LogP contribution < -0.4 is 0 Å². The number of hydrogen-bond acceptors (Lipinski definition) is 3. The zero-order valence-corrected chi connectivity index (χ0v) is 14.7. The van der Waals surface area contributed by atoms with E-state index in [1.807, 2.05) is 25.1 Å². The highest BCUT2D eigenvalue weighted by atomic mass is 35.5. The molecule has 0 aromatic heterocycles. The number of benzene rings is 1. The molecule has 128 valence electrons. The zero-order chi connectivity index (χ0) is 16.5. The van der Waals surface area contributed by atoms with Gasteiger partial charge in [-0.15, -0.1) is 0 Å². The van der Waals surface area contributed by atoms with E-state index in [2.05, 4.69) is 6.07 Å². The van der Waals surface area contributed by atoms with Crippen molar-refractivity contribution in [3.8, 4) is 0 Å². The topological polar surface area (TPSA) is 38.8 Å². The van der Waals surface area contributed by atoms with Crippen molar-refractivity contribution in [3.63, 3.8) is 0 Å². The molecule has 0 amide bonds.